The van der Waals surface area contributed by atoms with Gasteiger partial charge in [0.2, 0.25) is 0 Å². The van der Waals surface area contributed by atoms with Crippen LogP contribution in [0.4, 0.5) is 0 Å². The predicted octanol–water partition coefficient (Wildman–Crippen LogP) is 22.9. The molecule has 0 heterocycles. The van der Waals surface area contributed by atoms with Gasteiger partial charge in [0.15, 0.2) is 0 Å². The Morgan fingerprint density at radius 2 is 0.410 bits per heavy atom. The van der Waals surface area contributed by atoms with E-state index in [9.17, 15) is 0 Å². The summed E-state index contributed by atoms with van der Waals surface area (Å²) in [6.45, 7) is 24.4. The molecule has 468 valence electrons. The highest BCUT2D eigenvalue weighted by molar-refractivity contribution is 5.23. The number of hydrogen-bond acceptors (Lipinski definition) is 0. The molecule has 0 saturated heterocycles. The van der Waals surface area contributed by atoms with Crippen molar-refractivity contribution in [3.05, 3.63) is 0 Å². The lowest BCUT2D eigenvalue weighted by Gasteiger charge is -2.49. The molecule has 0 aromatic rings. The lowest BCUT2D eigenvalue weighted by atomic mass is 9.55. The smallest absolute Gasteiger partial charge is 0.0318 e. The molecule has 0 aliphatic heterocycles. The summed E-state index contributed by atoms with van der Waals surface area (Å²) in [4.78, 5) is 0. The minimum absolute atomic E-state index is 1.08. The van der Waals surface area contributed by atoms with Gasteiger partial charge in [-0.05, 0) is 365 Å². The molecule has 83 heavy (non-hydrogen) atoms. The normalized spacial score (nSPS) is 60.5. The lowest BCUT2D eigenvalue weighted by Crippen LogP contribution is -2.45. The van der Waals surface area contributed by atoms with Crippen LogP contribution in [0.1, 0.15) is 281 Å². The Balaban J connectivity index is 0.0000000879. The van der Waals surface area contributed by atoms with Gasteiger partial charge in [-0.2, -0.15) is 0 Å². The van der Waals surface area contributed by atoms with E-state index in [0.29, 0.717) is 0 Å². The van der Waals surface area contributed by atoms with E-state index in [4.69, 9.17) is 0 Å². The molecule has 0 aromatic carbocycles. The third-order valence-electron chi connectivity index (χ3n) is 36.5. The fraction of sp³-hybridized carbons (Fsp3) is 1.00. The van der Waals surface area contributed by atoms with Crippen molar-refractivity contribution in [1.29, 1.82) is 0 Å². The summed E-state index contributed by atoms with van der Waals surface area (Å²) in [6, 6.07) is 0. The zero-order chi connectivity index (χ0) is 56.4. The molecule has 20 fully saturated rings. The van der Waals surface area contributed by atoms with Crippen molar-refractivity contribution >= 4 is 0 Å². The topological polar surface area (TPSA) is 0 Å². The quantitative estimate of drug-likeness (QED) is 0.191. The summed E-state index contributed by atoms with van der Waals surface area (Å²) in [5.74, 6) is 46.9. The van der Waals surface area contributed by atoms with E-state index in [2.05, 4.69) is 69.2 Å². The molecule has 0 N–H and O–H groups in total. The van der Waals surface area contributed by atoms with Crippen molar-refractivity contribution in [3.63, 3.8) is 0 Å². The zero-order valence-electron chi connectivity index (χ0n) is 56.4. The van der Waals surface area contributed by atoms with Gasteiger partial charge in [0.1, 0.15) is 0 Å². The molecule has 20 saturated carbocycles. The summed E-state index contributed by atoms with van der Waals surface area (Å²) in [6.07, 6.45) is 51.6. The highest BCUT2D eigenvalue weighted by Crippen LogP contribution is 2.81. The monoisotopic (exact) mass is 1130 g/mol. The Hall–Kier alpha value is 0. The van der Waals surface area contributed by atoms with Crippen LogP contribution < -0.4 is 0 Å². The molecule has 0 spiro atoms. The molecule has 0 nitrogen and oxygen atoms in total. The van der Waals surface area contributed by atoms with Crippen LogP contribution in [0.2, 0.25) is 0 Å². The largest absolute Gasteiger partial charge is 0.0651 e. The van der Waals surface area contributed by atoms with E-state index in [-0.39, 0.29) is 0 Å². The third-order valence-corrected chi connectivity index (χ3v) is 36.5. The second kappa shape index (κ2) is 23.0. The highest BCUT2D eigenvalue weighted by atomic mass is 14.8. The molecular weight excluding hydrogens is 997 g/mol. The maximum absolute atomic E-state index is 2.51. The summed E-state index contributed by atoms with van der Waals surface area (Å²) in [7, 11) is 0. The first kappa shape index (κ1) is 58.1. The van der Waals surface area contributed by atoms with Crippen molar-refractivity contribution in [2.75, 3.05) is 0 Å². The third kappa shape index (κ3) is 8.67. The molecule has 0 heteroatoms. The van der Waals surface area contributed by atoms with Crippen molar-refractivity contribution < 1.29 is 0 Å². The van der Waals surface area contributed by atoms with E-state index < -0.39 is 0 Å². The maximum Gasteiger partial charge on any atom is -0.0318 e. The minimum Gasteiger partial charge on any atom is -0.0651 e. The van der Waals surface area contributed by atoms with E-state index in [1.165, 1.54) is 249 Å². The lowest BCUT2D eigenvalue weighted by molar-refractivity contribution is -0.0211. The summed E-state index contributed by atoms with van der Waals surface area (Å²) >= 11 is 0. The van der Waals surface area contributed by atoms with Crippen LogP contribution in [0.15, 0.2) is 0 Å². The summed E-state index contributed by atoms with van der Waals surface area (Å²) in [5, 5.41) is 0. The van der Waals surface area contributed by atoms with Crippen LogP contribution in [-0.2, 0) is 0 Å². The van der Waals surface area contributed by atoms with Gasteiger partial charge in [0.05, 0.1) is 0 Å². The number of fused-ring (bicyclic) bond motifs is 44. The molecular formula is C83H136. The van der Waals surface area contributed by atoms with E-state index in [1.807, 2.05) is 0 Å². The average Bonchev–Trinajstić information content (AvgIpc) is 1.84. The van der Waals surface area contributed by atoms with E-state index in [1.54, 1.807) is 128 Å². The molecule has 20 rings (SSSR count). The molecule has 0 amide bonds. The van der Waals surface area contributed by atoms with Crippen molar-refractivity contribution in [2.24, 2.45) is 237 Å². The van der Waals surface area contributed by atoms with E-state index >= 15 is 0 Å². The van der Waals surface area contributed by atoms with Gasteiger partial charge in [-0.1, -0.05) is 153 Å². The second-order valence-electron chi connectivity index (χ2n) is 37.2. The fourth-order valence-electron chi connectivity index (χ4n) is 34.8. The minimum atomic E-state index is 1.08. The van der Waals surface area contributed by atoms with Crippen LogP contribution in [-0.4, -0.2) is 0 Å². The second-order valence-corrected chi connectivity index (χ2v) is 37.2. The zero-order valence-corrected chi connectivity index (χ0v) is 56.4. The van der Waals surface area contributed by atoms with E-state index in [0.717, 1.165) is 71.0 Å². The average molecular weight is 1130 g/mol. The summed E-state index contributed by atoms with van der Waals surface area (Å²) in [5.41, 5.74) is 0. The Labute approximate surface area is 515 Å². The van der Waals surface area contributed by atoms with Crippen LogP contribution in [0.3, 0.4) is 0 Å². The number of rotatable bonds is 10. The molecule has 14 bridgehead atoms. The first-order chi connectivity index (χ1) is 40.7. The van der Waals surface area contributed by atoms with Gasteiger partial charge in [-0.25, -0.2) is 0 Å². The molecule has 40 unspecified atom stereocenters. The molecule has 0 radical (unpaired) electrons. The van der Waals surface area contributed by atoms with Crippen molar-refractivity contribution in [3.8, 4) is 0 Å². The molecule has 20 aliphatic rings. The van der Waals surface area contributed by atoms with Crippen molar-refractivity contribution in [1.82, 2.24) is 0 Å². The Kier molecular flexibility index (Phi) is 16.1. The van der Waals surface area contributed by atoms with Crippen LogP contribution in [0, 0.1) is 237 Å². The van der Waals surface area contributed by atoms with Crippen LogP contribution in [0.25, 0.3) is 0 Å². The van der Waals surface area contributed by atoms with Gasteiger partial charge in [0.25, 0.3) is 0 Å². The molecule has 20 aliphatic carbocycles. The van der Waals surface area contributed by atoms with Gasteiger partial charge in [-0.3, -0.25) is 0 Å². The van der Waals surface area contributed by atoms with Crippen LogP contribution in [0.5, 0.6) is 0 Å². The Morgan fingerprint density at radius 1 is 0.169 bits per heavy atom. The maximum atomic E-state index is 2.51. The number of hydrogen-bond donors (Lipinski definition) is 0. The van der Waals surface area contributed by atoms with Crippen LogP contribution >= 0.6 is 0 Å². The molecule has 0 aromatic heterocycles. The Bertz CT molecular complexity index is 2080. The van der Waals surface area contributed by atoms with Gasteiger partial charge in [0, 0.05) is 0 Å². The van der Waals surface area contributed by atoms with Crippen molar-refractivity contribution in [2.45, 2.75) is 281 Å². The highest BCUT2D eigenvalue weighted by Gasteiger charge is 2.75. The standard InChI is InChI=1S/C24H36.C19H30.C17H28.C14H24.C9H18/c1-3-11-7-12(4-2)20-16-9-15(19(11)20)23-17-10-18(24(16)23)22-14-6-5-13(8-14)21(17)22;1-3-10-7-11(4-2)17-15-9-14(16(10)17)18-12-5-6-13(8-12)19(15)18;1-3-10-8-11(4-2)17-15-9-14(16(10)17)12-6-5-7-13(12)15;1-3-9-7-10(4-2)14-12-6-5-11(8-12)13(9)14;1-3-8-5-6-9(4-2)7-8/h11-24H,3-10H2,1-2H3;10-19H,3-9H2,1-2H3;10-17H,3-9H2,1-2H3;9-14H,3-8H2,1-2H3;8-9H,3-7H2,1-2H3. The molecule has 40 atom stereocenters. The first-order valence-electron chi connectivity index (χ1n) is 40.7. The fourth-order valence-corrected chi connectivity index (χ4v) is 34.8. The SMILES string of the molecule is CCC1CC(CC)C2C3CC(C12)C1C2CC(C4C5CCC(C5)C24)C31.CCC1CC(CC)C2C3CC(C12)C1C2CCC(C2)C31.CCC1CC(CC)C2C3CC(C4CCCC43)C12.CCC1CC(CC)C2C3CCC(C3)C12.CCC1CCC(CC)C1. The summed E-state index contributed by atoms with van der Waals surface area (Å²) < 4.78 is 0. The first-order valence-corrected chi connectivity index (χ1v) is 40.7. The van der Waals surface area contributed by atoms with Gasteiger partial charge < -0.3 is 0 Å². The van der Waals surface area contributed by atoms with Gasteiger partial charge >= 0.3 is 0 Å². The van der Waals surface area contributed by atoms with Gasteiger partial charge in [-0.15, -0.1) is 0 Å². The predicted molar refractivity (Wildman–Crippen MR) is 349 cm³/mol. The Morgan fingerprint density at radius 3 is 0.687 bits per heavy atom.